The van der Waals surface area contributed by atoms with Gasteiger partial charge in [-0.1, -0.05) is 45.8 Å². The van der Waals surface area contributed by atoms with E-state index in [2.05, 4.69) is 57.8 Å². The molecule has 3 aromatic rings. The molecule has 1 aromatic heterocycles. The first-order chi connectivity index (χ1) is 12.9. The largest absolute Gasteiger partial charge is 0.325 e. The lowest BCUT2D eigenvalue weighted by Crippen LogP contribution is -2.30. The van der Waals surface area contributed by atoms with Gasteiger partial charge in [0.05, 0.1) is 12.2 Å². The minimum absolute atomic E-state index is 0.0306. The minimum atomic E-state index is -0.0306. The van der Waals surface area contributed by atoms with Gasteiger partial charge in [-0.25, -0.2) is 4.98 Å². The molecule has 4 nitrogen and oxygen atoms in total. The molecule has 0 radical (unpaired) electrons. The van der Waals surface area contributed by atoms with E-state index in [0.717, 1.165) is 32.0 Å². The van der Waals surface area contributed by atoms with Gasteiger partial charge in [-0.15, -0.1) is 11.3 Å². The van der Waals surface area contributed by atoms with Crippen molar-refractivity contribution < 1.29 is 4.79 Å². The first-order valence-corrected chi connectivity index (χ1v) is 10.3. The number of halogens is 1. The zero-order valence-electron chi connectivity index (χ0n) is 15.6. The Kier molecular flexibility index (Phi) is 6.42. The Labute approximate surface area is 172 Å². The van der Waals surface area contributed by atoms with Crippen LogP contribution in [0, 0.1) is 13.8 Å². The average molecular weight is 444 g/mol. The first-order valence-electron chi connectivity index (χ1n) is 8.66. The summed E-state index contributed by atoms with van der Waals surface area (Å²) in [6.45, 7) is 5.00. The molecule has 0 aliphatic carbocycles. The molecule has 0 aliphatic heterocycles. The highest BCUT2D eigenvalue weighted by Gasteiger charge is 2.11. The Morgan fingerprint density at radius 2 is 1.93 bits per heavy atom. The van der Waals surface area contributed by atoms with Crippen molar-refractivity contribution in [2.75, 3.05) is 18.9 Å². The lowest BCUT2D eigenvalue weighted by atomic mass is 10.2. The number of hydrogen-bond donors (Lipinski definition) is 1. The zero-order chi connectivity index (χ0) is 19.4. The fraction of sp³-hybridized carbons (Fsp3) is 0.238. The van der Waals surface area contributed by atoms with E-state index in [0.29, 0.717) is 13.1 Å². The van der Waals surface area contributed by atoms with Gasteiger partial charge >= 0.3 is 0 Å². The van der Waals surface area contributed by atoms with E-state index >= 15 is 0 Å². The quantitative estimate of drug-likeness (QED) is 0.564. The molecule has 0 unspecified atom stereocenters. The topological polar surface area (TPSA) is 45.2 Å². The predicted molar refractivity (Wildman–Crippen MR) is 116 cm³/mol. The van der Waals surface area contributed by atoms with Crippen molar-refractivity contribution >= 4 is 38.9 Å². The highest BCUT2D eigenvalue weighted by molar-refractivity contribution is 9.10. The van der Waals surface area contributed by atoms with Crippen molar-refractivity contribution in [3.63, 3.8) is 0 Å². The van der Waals surface area contributed by atoms with Crippen LogP contribution < -0.4 is 5.32 Å². The van der Waals surface area contributed by atoms with Gasteiger partial charge in [0, 0.05) is 27.6 Å². The van der Waals surface area contributed by atoms with E-state index in [1.54, 1.807) is 11.3 Å². The Hall–Kier alpha value is -2.02. The minimum Gasteiger partial charge on any atom is -0.325 e. The second-order valence-electron chi connectivity index (χ2n) is 6.69. The van der Waals surface area contributed by atoms with Crippen LogP contribution in [0.2, 0.25) is 0 Å². The number of benzene rings is 2. The second-order valence-corrected chi connectivity index (χ2v) is 8.46. The molecule has 3 rings (SSSR count). The van der Waals surface area contributed by atoms with Crippen LogP contribution in [0.25, 0.3) is 10.6 Å². The van der Waals surface area contributed by atoms with Crippen molar-refractivity contribution in [2.45, 2.75) is 20.4 Å². The number of nitrogens with one attached hydrogen (secondary N) is 1. The fourth-order valence-electron chi connectivity index (χ4n) is 2.74. The number of carbonyl (C=O) groups excluding carboxylic acids is 1. The van der Waals surface area contributed by atoms with Crippen molar-refractivity contribution in [1.29, 1.82) is 0 Å². The summed E-state index contributed by atoms with van der Waals surface area (Å²) in [5, 5.41) is 6.04. The summed E-state index contributed by atoms with van der Waals surface area (Å²) in [4.78, 5) is 19.0. The fourth-order valence-corrected chi connectivity index (χ4v) is 4.04. The van der Waals surface area contributed by atoms with Gasteiger partial charge in [0.25, 0.3) is 0 Å². The molecule has 0 spiro atoms. The summed E-state index contributed by atoms with van der Waals surface area (Å²) in [6.07, 6.45) is 0. The van der Waals surface area contributed by atoms with Crippen molar-refractivity contribution in [3.8, 4) is 10.6 Å². The van der Waals surface area contributed by atoms with Crippen LogP contribution in [0.15, 0.2) is 52.3 Å². The van der Waals surface area contributed by atoms with Gasteiger partial charge < -0.3 is 5.32 Å². The van der Waals surface area contributed by atoms with Gasteiger partial charge in [-0.2, -0.15) is 0 Å². The first kappa shape index (κ1) is 19.7. The summed E-state index contributed by atoms with van der Waals surface area (Å²) >= 11 is 5.07. The van der Waals surface area contributed by atoms with Crippen LogP contribution >= 0.6 is 27.3 Å². The molecule has 0 fully saturated rings. The van der Waals surface area contributed by atoms with Crippen LogP contribution in [-0.4, -0.2) is 29.4 Å². The third kappa shape index (κ3) is 5.48. The smallest absolute Gasteiger partial charge is 0.238 e. The van der Waals surface area contributed by atoms with E-state index in [-0.39, 0.29) is 5.91 Å². The van der Waals surface area contributed by atoms with Crippen LogP contribution in [-0.2, 0) is 11.3 Å². The standard InChI is InChI=1S/C21H22BrN3OS/c1-14-4-6-16(7-5-14)21-23-18(13-27-21)11-25(3)12-20(26)24-19-9-8-17(22)10-15(19)2/h4-10,13H,11-12H2,1-3H3,(H,24,26). The number of amides is 1. The van der Waals surface area contributed by atoms with Crippen LogP contribution in [0.3, 0.4) is 0 Å². The van der Waals surface area contributed by atoms with E-state index in [9.17, 15) is 4.79 Å². The third-order valence-corrected chi connectivity index (χ3v) is 5.59. The maximum atomic E-state index is 12.3. The average Bonchev–Trinajstić information content (AvgIpc) is 3.06. The Bertz CT molecular complexity index is 937. The molecule has 1 amide bonds. The maximum absolute atomic E-state index is 12.3. The molecule has 2 aromatic carbocycles. The van der Waals surface area contributed by atoms with Gasteiger partial charge in [0.1, 0.15) is 5.01 Å². The van der Waals surface area contributed by atoms with E-state index in [4.69, 9.17) is 4.98 Å². The number of nitrogens with zero attached hydrogens (tertiary/aromatic N) is 2. The van der Waals surface area contributed by atoms with Crippen LogP contribution in [0.1, 0.15) is 16.8 Å². The molecule has 0 bridgehead atoms. The number of carbonyl (C=O) groups is 1. The van der Waals surface area contributed by atoms with Crippen LogP contribution in [0.4, 0.5) is 5.69 Å². The molecule has 0 saturated carbocycles. The summed E-state index contributed by atoms with van der Waals surface area (Å²) in [5.41, 5.74) is 5.21. The summed E-state index contributed by atoms with van der Waals surface area (Å²) in [6, 6.07) is 14.2. The number of hydrogen-bond acceptors (Lipinski definition) is 4. The van der Waals surface area contributed by atoms with E-state index < -0.39 is 0 Å². The normalized spacial score (nSPS) is 11.0. The third-order valence-electron chi connectivity index (χ3n) is 4.16. The highest BCUT2D eigenvalue weighted by Crippen LogP contribution is 2.24. The molecular formula is C21H22BrN3OS. The van der Waals surface area contributed by atoms with E-state index in [1.165, 1.54) is 5.56 Å². The number of likely N-dealkylation sites (N-methyl/N-ethyl adjacent to an activating group) is 1. The molecule has 0 aliphatic rings. The number of anilines is 1. The van der Waals surface area contributed by atoms with Gasteiger partial charge in [0.2, 0.25) is 5.91 Å². The molecule has 6 heteroatoms. The number of aromatic nitrogens is 1. The van der Waals surface area contributed by atoms with Gasteiger partial charge in [0.15, 0.2) is 0 Å². The molecule has 0 saturated heterocycles. The second kappa shape index (κ2) is 8.78. The number of rotatable bonds is 6. The highest BCUT2D eigenvalue weighted by atomic mass is 79.9. The number of aryl methyl sites for hydroxylation is 2. The van der Waals surface area contributed by atoms with Gasteiger partial charge in [-0.3, -0.25) is 9.69 Å². The maximum Gasteiger partial charge on any atom is 0.238 e. The molecule has 0 atom stereocenters. The van der Waals surface area contributed by atoms with Crippen LogP contribution in [0.5, 0.6) is 0 Å². The van der Waals surface area contributed by atoms with Gasteiger partial charge in [-0.05, 0) is 44.7 Å². The Balaban J connectivity index is 1.56. The Morgan fingerprint density at radius 3 is 2.63 bits per heavy atom. The summed E-state index contributed by atoms with van der Waals surface area (Å²) < 4.78 is 1.00. The SMILES string of the molecule is Cc1ccc(-c2nc(CN(C)CC(=O)Nc3ccc(Br)cc3C)cs2)cc1. The summed E-state index contributed by atoms with van der Waals surface area (Å²) in [7, 11) is 1.93. The molecule has 27 heavy (non-hydrogen) atoms. The molecule has 1 N–H and O–H groups in total. The molecule has 140 valence electrons. The molecular weight excluding hydrogens is 422 g/mol. The monoisotopic (exact) mass is 443 g/mol. The number of thiazole rings is 1. The van der Waals surface area contributed by atoms with Crippen molar-refractivity contribution in [1.82, 2.24) is 9.88 Å². The Morgan fingerprint density at radius 1 is 1.19 bits per heavy atom. The summed E-state index contributed by atoms with van der Waals surface area (Å²) in [5.74, 6) is -0.0306. The zero-order valence-corrected chi connectivity index (χ0v) is 18.0. The predicted octanol–water partition coefficient (Wildman–Crippen LogP) is 5.26. The van der Waals surface area contributed by atoms with E-state index in [1.807, 2.05) is 37.1 Å². The lowest BCUT2D eigenvalue weighted by Gasteiger charge is -2.16. The van der Waals surface area contributed by atoms with Crippen molar-refractivity contribution in [3.05, 3.63) is 69.1 Å². The molecule has 1 heterocycles. The lowest BCUT2D eigenvalue weighted by molar-refractivity contribution is -0.117. The van der Waals surface area contributed by atoms with Crippen molar-refractivity contribution in [2.24, 2.45) is 0 Å².